The fraction of sp³-hybridized carbons (Fsp3) is 0.231. The molecule has 0 fully saturated rings. The zero-order chi connectivity index (χ0) is 15.6. The van der Waals surface area contributed by atoms with E-state index in [-0.39, 0.29) is 11.4 Å². The molecule has 1 aromatic heterocycles. The standard InChI is InChI=1S/C13H13F3N4O/c1-18-7-8-2-3-11(9(6-8)13(14,15)16)20-5-4-10(19-20)12(17)21/h2-6,18H,7H2,1H3,(H2,17,21). The molecule has 1 heterocycles. The molecule has 0 spiro atoms. The molecule has 2 rings (SSSR count). The number of carbonyl (C=O) groups is 1. The minimum absolute atomic E-state index is 0.0950. The van der Waals surface area contributed by atoms with E-state index in [4.69, 9.17) is 5.73 Å². The first kappa shape index (κ1) is 15.0. The van der Waals surface area contributed by atoms with Crippen LogP contribution in [0.4, 0.5) is 13.2 Å². The van der Waals surface area contributed by atoms with Gasteiger partial charge in [-0.2, -0.15) is 18.3 Å². The molecule has 0 unspecified atom stereocenters. The molecule has 2 aromatic rings. The van der Waals surface area contributed by atoms with Crippen molar-refractivity contribution in [3.05, 3.63) is 47.3 Å². The Balaban J connectivity index is 2.53. The molecule has 5 nitrogen and oxygen atoms in total. The van der Waals surface area contributed by atoms with Gasteiger partial charge < -0.3 is 11.1 Å². The van der Waals surface area contributed by atoms with E-state index in [9.17, 15) is 18.0 Å². The summed E-state index contributed by atoms with van der Waals surface area (Å²) in [4.78, 5) is 11.0. The van der Waals surface area contributed by atoms with Gasteiger partial charge >= 0.3 is 6.18 Å². The molecule has 3 N–H and O–H groups in total. The van der Waals surface area contributed by atoms with Gasteiger partial charge in [0.05, 0.1) is 11.3 Å². The molecule has 0 bridgehead atoms. The highest BCUT2D eigenvalue weighted by Crippen LogP contribution is 2.34. The van der Waals surface area contributed by atoms with Gasteiger partial charge in [-0.15, -0.1) is 0 Å². The number of carbonyl (C=O) groups excluding carboxylic acids is 1. The topological polar surface area (TPSA) is 72.9 Å². The monoisotopic (exact) mass is 298 g/mol. The average Bonchev–Trinajstić information content (AvgIpc) is 2.87. The van der Waals surface area contributed by atoms with Gasteiger partial charge in [-0.05, 0) is 30.8 Å². The second kappa shape index (κ2) is 5.57. The molecule has 0 saturated heterocycles. The van der Waals surface area contributed by atoms with Crippen LogP contribution >= 0.6 is 0 Å². The van der Waals surface area contributed by atoms with Gasteiger partial charge in [0, 0.05) is 12.7 Å². The van der Waals surface area contributed by atoms with Crippen molar-refractivity contribution in [3.63, 3.8) is 0 Å². The number of benzene rings is 1. The van der Waals surface area contributed by atoms with Gasteiger partial charge in [-0.25, -0.2) is 4.68 Å². The van der Waals surface area contributed by atoms with Crippen molar-refractivity contribution < 1.29 is 18.0 Å². The minimum atomic E-state index is -4.53. The van der Waals surface area contributed by atoms with Crippen molar-refractivity contribution in [3.8, 4) is 5.69 Å². The summed E-state index contributed by atoms with van der Waals surface area (Å²) in [6, 6.07) is 5.20. The molecule has 0 aliphatic heterocycles. The first-order valence-electron chi connectivity index (χ1n) is 6.03. The Labute approximate surface area is 118 Å². The Bertz CT molecular complexity index is 664. The maximum Gasteiger partial charge on any atom is 0.418 e. The molecular formula is C13H13F3N4O. The smallest absolute Gasteiger partial charge is 0.364 e. The van der Waals surface area contributed by atoms with Crippen LogP contribution in [0.5, 0.6) is 0 Å². The lowest BCUT2D eigenvalue weighted by Crippen LogP contribution is -2.15. The van der Waals surface area contributed by atoms with Crippen LogP contribution in [0.25, 0.3) is 5.69 Å². The number of hydrogen-bond acceptors (Lipinski definition) is 3. The Morgan fingerprint density at radius 3 is 2.62 bits per heavy atom. The first-order chi connectivity index (χ1) is 9.82. The van der Waals surface area contributed by atoms with E-state index in [1.54, 1.807) is 13.1 Å². The number of rotatable bonds is 4. The van der Waals surface area contributed by atoms with Crippen LogP contribution in [0.2, 0.25) is 0 Å². The predicted molar refractivity (Wildman–Crippen MR) is 69.8 cm³/mol. The second-order valence-corrected chi connectivity index (χ2v) is 4.39. The summed E-state index contributed by atoms with van der Waals surface area (Å²) in [7, 11) is 1.65. The normalized spacial score (nSPS) is 11.6. The van der Waals surface area contributed by atoms with Crippen molar-refractivity contribution >= 4 is 5.91 Å². The SMILES string of the molecule is CNCc1ccc(-n2ccc(C(N)=O)n2)c(C(F)(F)F)c1. The lowest BCUT2D eigenvalue weighted by atomic mass is 10.1. The van der Waals surface area contributed by atoms with Crippen LogP contribution in [-0.2, 0) is 12.7 Å². The van der Waals surface area contributed by atoms with E-state index in [2.05, 4.69) is 10.4 Å². The number of nitrogens with two attached hydrogens (primary N) is 1. The van der Waals surface area contributed by atoms with Crippen LogP contribution in [-0.4, -0.2) is 22.7 Å². The molecule has 0 atom stereocenters. The maximum absolute atomic E-state index is 13.2. The molecule has 8 heteroatoms. The Morgan fingerprint density at radius 1 is 1.38 bits per heavy atom. The number of aromatic nitrogens is 2. The highest BCUT2D eigenvalue weighted by atomic mass is 19.4. The Kier molecular flexibility index (Phi) is 3.99. The third kappa shape index (κ3) is 3.22. The number of primary amides is 1. The number of amides is 1. The fourth-order valence-electron chi connectivity index (χ4n) is 1.91. The highest BCUT2D eigenvalue weighted by molar-refractivity contribution is 5.90. The number of nitrogens with one attached hydrogen (secondary N) is 1. The summed E-state index contributed by atoms with van der Waals surface area (Å²) in [6.45, 7) is 0.314. The Morgan fingerprint density at radius 2 is 2.10 bits per heavy atom. The highest BCUT2D eigenvalue weighted by Gasteiger charge is 2.34. The molecule has 0 saturated carbocycles. The third-order valence-corrected chi connectivity index (χ3v) is 2.84. The largest absolute Gasteiger partial charge is 0.418 e. The summed E-state index contributed by atoms with van der Waals surface area (Å²) >= 11 is 0. The zero-order valence-electron chi connectivity index (χ0n) is 11.1. The van der Waals surface area contributed by atoms with E-state index in [0.717, 1.165) is 10.7 Å². The van der Waals surface area contributed by atoms with Gasteiger partial charge in [0.15, 0.2) is 0 Å². The van der Waals surface area contributed by atoms with Crippen molar-refractivity contribution in [2.75, 3.05) is 7.05 Å². The van der Waals surface area contributed by atoms with Gasteiger partial charge in [0.2, 0.25) is 0 Å². The van der Waals surface area contributed by atoms with E-state index < -0.39 is 17.6 Å². The number of halogens is 3. The van der Waals surface area contributed by atoms with Gasteiger partial charge in [-0.1, -0.05) is 6.07 Å². The maximum atomic E-state index is 13.2. The minimum Gasteiger partial charge on any atom is -0.364 e. The third-order valence-electron chi connectivity index (χ3n) is 2.84. The first-order valence-corrected chi connectivity index (χ1v) is 6.03. The van der Waals surface area contributed by atoms with Crippen molar-refractivity contribution in [2.45, 2.75) is 12.7 Å². The van der Waals surface area contributed by atoms with E-state index in [1.807, 2.05) is 0 Å². The lowest BCUT2D eigenvalue weighted by molar-refractivity contribution is -0.137. The fourth-order valence-corrected chi connectivity index (χ4v) is 1.91. The molecule has 0 radical (unpaired) electrons. The summed E-state index contributed by atoms with van der Waals surface area (Å²) in [6.07, 6.45) is -3.26. The summed E-state index contributed by atoms with van der Waals surface area (Å²) in [5.74, 6) is -0.797. The van der Waals surface area contributed by atoms with Gasteiger partial charge in [0.1, 0.15) is 5.69 Å². The molecule has 1 amide bonds. The summed E-state index contributed by atoms with van der Waals surface area (Å²) in [5.41, 5.74) is 4.47. The van der Waals surface area contributed by atoms with E-state index in [1.165, 1.54) is 18.3 Å². The quantitative estimate of drug-likeness (QED) is 0.902. The van der Waals surface area contributed by atoms with Crippen LogP contribution in [0.3, 0.4) is 0 Å². The van der Waals surface area contributed by atoms with Crippen LogP contribution in [0.1, 0.15) is 21.6 Å². The van der Waals surface area contributed by atoms with Crippen LogP contribution < -0.4 is 11.1 Å². The predicted octanol–water partition coefficient (Wildman–Crippen LogP) is 1.71. The van der Waals surface area contributed by atoms with Crippen molar-refractivity contribution in [1.29, 1.82) is 0 Å². The summed E-state index contributed by atoms with van der Waals surface area (Å²) < 4.78 is 40.5. The van der Waals surface area contributed by atoms with Gasteiger partial charge in [0.25, 0.3) is 5.91 Å². The number of alkyl halides is 3. The molecule has 0 aliphatic carbocycles. The van der Waals surface area contributed by atoms with Crippen molar-refractivity contribution in [2.24, 2.45) is 5.73 Å². The Hall–Kier alpha value is -2.35. The second-order valence-electron chi connectivity index (χ2n) is 4.39. The molecule has 1 aromatic carbocycles. The van der Waals surface area contributed by atoms with Crippen LogP contribution in [0.15, 0.2) is 30.5 Å². The lowest BCUT2D eigenvalue weighted by Gasteiger charge is -2.14. The molecule has 112 valence electrons. The van der Waals surface area contributed by atoms with Crippen molar-refractivity contribution in [1.82, 2.24) is 15.1 Å². The van der Waals surface area contributed by atoms with E-state index >= 15 is 0 Å². The summed E-state index contributed by atoms with van der Waals surface area (Å²) in [5, 5.41) is 6.55. The molecular weight excluding hydrogens is 285 g/mol. The number of hydrogen-bond donors (Lipinski definition) is 2. The number of nitrogens with zero attached hydrogens (tertiary/aromatic N) is 2. The van der Waals surface area contributed by atoms with Crippen LogP contribution in [0, 0.1) is 0 Å². The zero-order valence-corrected chi connectivity index (χ0v) is 11.1. The molecule has 0 aliphatic rings. The van der Waals surface area contributed by atoms with Gasteiger partial charge in [-0.3, -0.25) is 4.79 Å². The van der Waals surface area contributed by atoms with E-state index in [0.29, 0.717) is 12.1 Å². The average molecular weight is 298 g/mol. The molecule has 21 heavy (non-hydrogen) atoms.